The van der Waals surface area contributed by atoms with Crippen LogP contribution >= 0.6 is 15.9 Å². The minimum atomic E-state index is -0.598. The van der Waals surface area contributed by atoms with Crippen LogP contribution in [0.2, 0.25) is 0 Å². The fourth-order valence-electron chi connectivity index (χ4n) is 4.64. The Hall–Kier alpha value is -2.75. The Morgan fingerprint density at radius 3 is 2.27 bits per heavy atom. The number of esters is 1. The molecule has 200 valence electrons. The summed E-state index contributed by atoms with van der Waals surface area (Å²) >= 11 is 3.41. The van der Waals surface area contributed by atoms with Crippen LogP contribution in [0, 0.1) is 11.8 Å². The predicted octanol–water partition coefficient (Wildman–Crippen LogP) is 5.66. The summed E-state index contributed by atoms with van der Waals surface area (Å²) < 4.78 is 22.5. The minimum Gasteiger partial charge on any atom is -0.465 e. The molecule has 0 N–H and O–H groups in total. The molecule has 2 aromatic rings. The van der Waals surface area contributed by atoms with E-state index in [-0.39, 0.29) is 30.6 Å². The molecule has 0 aromatic heterocycles. The topological polar surface area (TPSA) is 91.4 Å². The monoisotopic (exact) mass is 575 g/mol. The lowest BCUT2D eigenvalue weighted by molar-refractivity contribution is -0.124. The molecule has 0 heterocycles. The average Bonchev–Trinajstić information content (AvgIpc) is 2.90. The lowest BCUT2D eigenvalue weighted by Gasteiger charge is -2.36. The van der Waals surface area contributed by atoms with E-state index in [2.05, 4.69) is 22.9 Å². The van der Waals surface area contributed by atoms with Crippen LogP contribution in [0.4, 0.5) is 5.69 Å². The number of hydrogen-bond acceptors (Lipinski definition) is 7. The Morgan fingerprint density at radius 2 is 1.70 bits per heavy atom. The van der Waals surface area contributed by atoms with Crippen LogP contribution in [0.3, 0.4) is 0 Å². The summed E-state index contributed by atoms with van der Waals surface area (Å²) in [5, 5.41) is 0. The SMILES string of the molecule is COCC(COC)N(C(=O)C1CCC(C)CC1)c1ccc(Oc2ccc(C=O)cc2Br)cc1C(=O)OC. The number of carbonyl (C=O) groups is 3. The molecule has 0 atom stereocenters. The zero-order valence-electron chi connectivity index (χ0n) is 21.7. The van der Waals surface area contributed by atoms with Gasteiger partial charge in [-0.2, -0.15) is 0 Å². The number of methoxy groups -OCH3 is 3. The van der Waals surface area contributed by atoms with Crippen LogP contribution in [-0.4, -0.2) is 58.7 Å². The molecular weight excluding hydrogens is 542 g/mol. The third-order valence-electron chi connectivity index (χ3n) is 6.64. The van der Waals surface area contributed by atoms with E-state index in [4.69, 9.17) is 18.9 Å². The summed E-state index contributed by atoms with van der Waals surface area (Å²) in [6, 6.07) is 9.44. The molecule has 9 heteroatoms. The zero-order valence-corrected chi connectivity index (χ0v) is 23.3. The van der Waals surface area contributed by atoms with Crippen molar-refractivity contribution in [3.63, 3.8) is 0 Å². The van der Waals surface area contributed by atoms with E-state index >= 15 is 0 Å². The smallest absolute Gasteiger partial charge is 0.340 e. The van der Waals surface area contributed by atoms with Crippen molar-refractivity contribution < 1.29 is 33.3 Å². The number of benzene rings is 2. The molecule has 0 spiro atoms. The van der Waals surface area contributed by atoms with Gasteiger partial charge in [0.1, 0.15) is 17.8 Å². The van der Waals surface area contributed by atoms with Crippen molar-refractivity contribution in [2.24, 2.45) is 11.8 Å². The Balaban J connectivity index is 2.04. The van der Waals surface area contributed by atoms with Gasteiger partial charge in [0.2, 0.25) is 5.91 Å². The van der Waals surface area contributed by atoms with Crippen molar-refractivity contribution in [2.45, 2.75) is 38.6 Å². The molecule has 0 aliphatic heterocycles. The maximum atomic E-state index is 13.9. The summed E-state index contributed by atoms with van der Waals surface area (Å²) in [4.78, 5) is 39.6. The first-order valence-electron chi connectivity index (χ1n) is 12.3. The highest BCUT2D eigenvalue weighted by molar-refractivity contribution is 9.10. The quantitative estimate of drug-likeness (QED) is 0.252. The number of amides is 1. The van der Waals surface area contributed by atoms with E-state index in [1.807, 2.05) is 0 Å². The highest BCUT2D eigenvalue weighted by Crippen LogP contribution is 2.36. The molecule has 0 saturated heterocycles. The molecule has 8 nitrogen and oxygen atoms in total. The van der Waals surface area contributed by atoms with E-state index in [0.717, 1.165) is 32.0 Å². The standard InChI is InChI=1S/C28H34BrNO7/c1-18-5-8-20(9-6-18)27(32)30(21(16-34-2)17-35-3)25-11-10-22(14-23(25)28(33)36-4)37-26-12-7-19(15-31)13-24(26)29/h7,10-15,18,20-21H,5-6,8-9,16-17H2,1-4H3. The molecule has 1 aliphatic rings. The normalized spacial score (nSPS) is 17.4. The van der Waals surface area contributed by atoms with Crippen LogP contribution in [0.25, 0.3) is 0 Å². The predicted molar refractivity (Wildman–Crippen MR) is 144 cm³/mol. The third kappa shape index (κ3) is 7.18. The first-order valence-corrected chi connectivity index (χ1v) is 13.1. The van der Waals surface area contributed by atoms with Crippen LogP contribution in [-0.2, 0) is 19.0 Å². The number of anilines is 1. The van der Waals surface area contributed by atoms with Crippen molar-refractivity contribution in [3.8, 4) is 11.5 Å². The molecule has 1 amide bonds. The molecular formula is C28H34BrNO7. The highest BCUT2D eigenvalue weighted by atomic mass is 79.9. The van der Waals surface area contributed by atoms with Crippen LogP contribution in [0.1, 0.15) is 53.3 Å². The first-order chi connectivity index (χ1) is 17.8. The van der Waals surface area contributed by atoms with Crippen molar-refractivity contribution in [1.82, 2.24) is 0 Å². The van der Waals surface area contributed by atoms with Crippen LogP contribution in [0.5, 0.6) is 11.5 Å². The summed E-state index contributed by atoms with van der Waals surface area (Å²) in [6.07, 6.45) is 4.30. The maximum absolute atomic E-state index is 13.9. The number of rotatable bonds is 11. The molecule has 1 aliphatic carbocycles. The van der Waals surface area contributed by atoms with Gasteiger partial charge >= 0.3 is 5.97 Å². The fraction of sp³-hybridized carbons (Fsp3) is 0.464. The van der Waals surface area contributed by atoms with Gasteiger partial charge in [0.05, 0.1) is 42.1 Å². The second-order valence-electron chi connectivity index (χ2n) is 9.31. The van der Waals surface area contributed by atoms with Gasteiger partial charge in [-0.1, -0.05) is 6.92 Å². The van der Waals surface area contributed by atoms with Gasteiger partial charge in [-0.05, 0) is 83.9 Å². The van der Waals surface area contributed by atoms with Gasteiger partial charge in [0.25, 0.3) is 0 Å². The van der Waals surface area contributed by atoms with E-state index in [1.165, 1.54) is 7.11 Å². The largest absolute Gasteiger partial charge is 0.465 e. The van der Waals surface area contributed by atoms with E-state index in [1.54, 1.807) is 55.5 Å². The minimum absolute atomic E-state index is 0.0583. The molecule has 2 aromatic carbocycles. The number of ether oxygens (including phenoxy) is 4. The average molecular weight is 576 g/mol. The number of hydrogen-bond donors (Lipinski definition) is 0. The molecule has 3 rings (SSSR count). The third-order valence-corrected chi connectivity index (χ3v) is 7.26. The number of carbonyl (C=O) groups excluding carboxylic acids is 3. The lowest BCUT2D eigenvalue weighted by Crippen LogP contribution is -2.49. The van der Waals surface area contributed by atoms with Gasteiger partial charge in [-0.3, -0.25) is 9.59 Å². The molecule has 1 saturated carbocycles. The molecule has 1 fully saturated rings. The summed E-state index contributed by atoms with van der Waals surface area (Å²) in [5.74, 6) is 0.624. The summed E-state index contributed by atoms with van der Waals surface area (Å²) in [6.45, 7) is 2.67. The number of halogens is 1. The second kappa shape index (κ2) is 13.7. The molecule has 0 bridgehead atoms. The molecule has 0 unspecified atom stereocenters. The van der Waals surface area contributed by atoms with Gasteiger partial charge < -0.3 is 23.8 Å². The number of aldehydes is 1. The van der Waals surface area contributed by atoms with Gasteiger partial charge in [-0.25, -0.2) is 4.79 Å². The van der Waals surface area contributed by atoms with Crippen molar-refractivity contribution in [1.29, 1.82) is 0 Å². The fourth-order valence-corrected chi connectivity index (χ4v) is 5.12. The number of nitrogens with zero attached hydrogens (tertiary/aromatic N) is 1. The van der Waals surface area contributed by atoms with Crippen molar-refractivity contribution in [2.75, 3.05) is 39.4 Å². The molecule has 0 radical (unpaired) electrons. The highest BCUT2D eigenvalue weighted by Gasteiger charge is 2.35. The Labute approximate surface area is 226 Å². The summed E-state index contributed by atoms with van der Waals surface area (Å²) in [5.41, 5.74) is 1.10. The van der Waals surface area contributed by atoms with Crippen LogP contribution in [0.15, 0.2) is 40.9 Å². The van der Waals surface area contributed by atoms with Gasteiger partial charge in [0, 0.05) is 25.7 Å². The van der Waals surface area contributed by atoms with Crippen LogP contribution < -0.4 is 9.64 Å². The van der Waals surface area contributed by atoms with Gasteiger partial charge in [-0.15, -0.1) is 0 Å². The van der Waals surface area contributed by atoms with Crippen molar-refractivity contribution >= 4 is 39.8 Å². The summed E-state index contributed by atoms with van der Waals surface area (Å²) in [7, 11) is 4.43. The Kier molecular flexibility index (Phi) is 10.7. The Morgan fingerprint density at radius 1 is 1.03 bits per heavy atom. The lowest BCUT2D eigenvalue weighted by atomic mass is 9.82. The first kappa shape index (κ1) is 28.8. The maximum Gasteiger partial charge on any atom is 0.340 e. The Bertz CT molecular complexity index is 1090. The van der Waals surface area contributed by atoms with E-state index in [9.17, 15) is 14.4 Å². The zero-order chi connectivity index (χ0) is 26.9. The second-order valence-corrected chi connectivity index (χ2v) is 10.2. The van der Waals surface area contributed by atoms with Gasteiger partial charge in [0.15, 0.2) is 0 Å². The molecule has 37 heavy (non-hydrogen) atoms. The van der Waals surface area contributed by atoms with E-state index in [0.29, 0.717) is 33.1 Å². The van der Waals surface area contributed by atoms with E-state index < -0.39 is 12.0 Å². The van der Waals surface area contributed by atoms with Crippen molar-refractivity contribution in [3.05, 3.63) is 52.0 Å².